The van der Waals surface area contributed by atoms with Crippen molar-refractivity contribution in [3.05, 3.63) is 66.0 Å². The maximum absolute atomic E-state index is 12.1. The van der Waals surface area contributed by atoms with Crippen LogP contribution < -0.4 is 11.1 Å². The number of carbonyl (C=O) groups is 1. The molecule has 20 heavy (non-hydrogen) atoms. The van der Waals surface area contributed by atoms with Gasteiger partial charge in [-0.2, -0.15) is 0 Å². The van der Waals surface area contributed by atoms with Crippen LogP contribution in [0.1, 0.15) is 24.2 Å². The van der Waals surface area contributed by atoms with Gasteiger partial charge in [-0.1, -0.05) is 36.4 Å². The third-order valence-corrected chi connectivity index (χ3v) is 3.13. The van der Waals surface area contributed by atoms with Crippen molar-refractivity contribution in [2.45, 2.75) is 25.4 Å². The molecule has 0 unspecified atom stereocenters. The summed E-state index contributed by atoms with van der Waals surface area (Å²) in [4.78, 5) is 16.3. The van der Waals surface area contributed by atoms with Gasteiger partial charge in [0.05, 0.1) is 17.8 Å². The molecule has 0 aliphatic carbocycles. The molecule has 0 saturated heterocycles. The molecule has 2 aromatic rings. The first-order valence-electron chi connectivity index (χ1n) is 6.67. The van der Waals surface area contributed by atoms with Gasteiger partial charge in [0.25, 0.3) is 0 Å². The van der Waals surface area contributed by atoms with Crippen molar-refractivity contribution >= 4 is 5.91 Å². The van der Waals surface area contributed by atoms with E-state index in [-0.39, 0.29) is 11.9 Å². The van der Waals surface area contributed by atoms with Crippen LogP contribution in [0.4, 0.5) is 0 Å². The van der Waals surface area contributed by atoms with Crippen LogP contribution in [0.2, 0.25) is 0 Å². The Morgan fingerprint density at radius 1 is 1.20 bits per heavy atom. The molecule has 0 saturated carbocycles. The monoisotopic (exact) mass is 269 g/mol. The van der Waals surface area contributed by atoms with E-state index in [0.717, 1.165) is 11.3 Å². The third kappa shape index (κ3) is 3.90. The number of hydrogen-bond acceptors (Lipinski definition) is 3. The maximum atomic E-state index is 12.1. The first-order valence-corrected chi connectivity index (χ1v) is 6.67. The zero-order valence-electron chi connectivity index (χ0n) is 11.5. The molecule has 4 nitrogen and oxygen atoms in total. The number of hydrogen-bond donors (Lipinski definition) is 2. The Labute approximate surface area is 119 Å². The second-order valence-electron chi connectivity index (χ2n) is 4.78. The van der Waals surface area contributed by atoms with Gasteiger partial charge in [0.1, 0.15) is 0 Å². The Morgan fingerprint density at radius 3 is 2.55 bits per heavy atom. The van der Waals surface area contributed by atoms with Crippen molar-refractivity contribution in [3.63, 3.8) is 0 Å². The standard InChI is InChI=1S/C16H19N3O/c1-12(15-9-5-6-10-18-15)19-16(20)14(17)11-13-7-3-2-4-8-13/h2-10,12,14H,11,17H2,1H3,(H,19,20)/t12-,14+/m0/s1. The van der Waals surface area contributed by atoms with Gasteiger partial charge in [-0.15, -0.1) is 0 Å². The lowest BCUT2D eigenvalue weighted by molar-refractivity contribution is -0.123. The predicted molar refractivity (Wildman–Crippen MR) is 78.9 cm³/mol. The van der Waals surface area contributed by atoms with Crippen LogP contribution in [0.5, 0.6) is 0 Å². The van der Waals surface area contributed by atoms with E-state index in [1.807, 2.05) is 55.5 Å². The normalized spacial score (nSPS) is 13.5. The Balaban J connectivity index is 1.91. The van der Waals surface area contributed by atoms with Crippen molar-refractivity contribution < 1.29 is 4.79 Å². The van der Waals surface area contributed by atoms with Gasteiger partial charge in [0, 0.05) is 6.20 Å². The van der Waals surface area contributed by atoms with Crippen molar-refractivity contribution in [1.82, 2.24) is 10.3 Å². The summed E-state index contributed by atoms with van der Waals surface area (Å²) in [6.07, 6.45) is 2.24. The molecule has 2 rings (SSSR count). The lowest BCUT2D eigenvalue weighted by Crippen LogP contribution is -2.43. The number of nitrogens with one attached hydrogen (secondary N) is 1. The molecular weight excluding hydrogens is 250 g/mol. The van der Waals surface area contributed by atoms with Crippen molar-refractivity contribution in [2.24, 2.45) is 5.73 Å². The summed E-state index contributed by atoms with van der Waals surface area (Å²) in [6, 6.07) is 14.7. The number of rotatable bonds is 5. The Hall–Kier alpha value is -2.20. The van der Waals surface area contributed by atoms with Crippen molar-refractivity contribution in [3.8, 4) is 0 Å². The lowest BCUT2D eigenvalue weighted by atomic mass is 10.1. The van der Waals surface area contributed by atoms with Gasteiger partial charge in [0.2, 0.25) is 5.91 Å². The molecule has 1 amide bonds. The minimum atomic E-state index is -0.552. The number of amides is 1. The molecule has 0 spiro atoms. The van der Waals surface area contributed by atoms with Crippen LogP contribution in [0.3, 0.4) is 0 Å². The topological polar surface area (TPSA) is 68.0 Å². The van der Waals surface area contributed by atoms with E-state index < -0.39 is 6.04 Å². The first-order chi connectivity index (χ1) is 9.66. The fourth-order valence-electron chi connectivity index (χ4n) is 1.99. The zero-order chi connectivity index (χ0) is 14.4. The lowest BCUT2D eigenvalue weighted by Gasteiger charge is -2.17. The maximum Gasteiger partial charge on any atom is 0.237 e. The Morgan fingerprint density at radius 2 is 1.90 bits per heavy atom. The average molecular weight is 269 g/mol. The molecule has 2 atom stereocenters. The number of nitrogens with zero attached hydrogens (tertiary/aromatic N) is 1. The highest BCUT2D eigenvalue weighted by Gasteiger charge is 2.17. The molecule has 1 heterocycles. The van der Waals surface area contributed by atoms with E-state index in [1.54, 1.807) is 6.20 Å². The molecule has 104 valence electrons. The molecule has 0 bridgehead atoms. The van der Waals surface area contributed by atoms with Gasteiger partial charge in [-0.25, -0.2) is 0 Å². The molecule has 1 aromatic heterocycles. The van der Waals surface area contributed by atoms with Crippen LogP contribution in [-0.4, -0.2) is 16.9 Å². The summed E-state index contributed by atoms with van der Waals surface area (Å²) in [7, 11) is 0. The van der Waals surface area contributed by atoms with Gasteiger partial charge in [0.15, 0.2) is 0 Å². The summed E-state index contributed by atoms with van der Waals surface area (Å²) in [5.41, 5.74) is 7.83. The highest BCUT2D eigenvalue weighted by molar-refractivity contribution is 5.82. The highest BCUT2D eigenvalue weighted by atomic mass is 16.2. The van der Waals surface area contributed by atoms with Gasteiger partial charge >= 0.3 is 0 Å². The van der Waals surface area contributed by atoms with E-state index in [2.05, 4.69) is 10.3 Å². The predicted octanol–water partition coefficient (Wildman–Crippen LogP) is 1.83. The highest BCUT2D eigenvalue weighted by Crippen LogP contribution is 2.09. The molecule has 1 aromatic carbocycles. The summed E-state index contributed by atoms with van der Waals surface area (Å²) in [5.74, 6) is -0.160. The van der Waals surface area contributed by atoms with Gasteiger partial charge in [-0.05, 0) is 31.0 Å². The fraction of sp³-hybridized carbons (Fsp3) is 0.250. The minimum absolute atomic E-state index is 0.148. The van der Waals surface area contributed by atoms with Gasteiger partial charge in [-0.3, -0.25) is 9.78 Å². The van der Waals surface area contributed by atoms with E-state index in [4.69, 9.17) is 5.73 Å². The fourth-order valence-corrected chi connectivity index (χ4v) is 1.99. The van der Waals surface area contributed by atoms with E-state index in [0.29, 0.717) is 6.42 Å². The average Bonchev–Trinajstić information content (AvgIpc) is 2.49. The Bertz CT molecular complexity index is 542. The summed E-state index contributed by atoms with van der Waals surface area (Å²) < 4.78 is 0. The van der Waals surface area contributed by atoms with Crippen LogP contribution in [0.25, 0.3) is 0 Å². The third-order valence-electron chi connectivity index (χ3n) is 3.13. The molecule has 0 fully saturated rings. The quantitative estimate of drug-likeness (QED) is 0.870. The van der Waals surface area contributed by atoms with Crippen molar-refractivity contribution in [1.29, 1.82) is 0 Å². The van der Waals surface area contributed by atoms with Crippen LogP contribution in [-0.2, 0) is 11.2 Å². The second-order valence-corrected chi connectivity index (χ2v) is 4.78. The summed E-state index contributed by atoms with van der Waals surface area (Å²) in [6.45, 7) is 1.90. The number of nitrogens with two attached hydrogens (primary N) is 1. The summed E-state index contributed by atoms with van der Waals surface area (Å²) >= 11 is 0. The SMILES string of the molecule is C[C@H](NC(=O)[C@H](N)Cc1ccccc1)c1ccccn1. The number of carbonyl (C=O) groups excluding carboxylic acids is 1. The molecule has 3 N–H and O–H groups in total. The van der Waals surface area contributed by atoms with E-state index >= 15 is 0 Å². The zero-order valence-corrected chi connectivity index (χ0v) is 11.5. The number of pyridine rings is 1. The Kier molecular flexibility index (Phi) is 4.85. The van der Waals surface area contributed by atoms with Crippen LogP contribution >= 0.6 is 0 Å². The van der Waals surface area contributed by atoms with Crippen molar-refractivity contribution in [2.75, 3.05) is 0 Å². The van der Waals surface area contributed by atoms with Crippen LogP contribution in [0, 0.1) is 0 Å². The van der Waals surface area contributed by atoms with E-state index in [9.17, 15) is 4.79 Å². The van der Waals surface area contributed by atoms with Gasteiger partial charge < -0.3 is 11.1 Å². The molecule has 0 radical (unpaired) electrons. The molecule has 0 aliphatic heterocycles. The number of benzene rings is 1. The first kappa shape index (κ1) is 14.2. The van der Waals surface area contributed by atoms with E-state index in [1.165, 1.54) is 0 Å². The number of aromatic nitrogens is 1. The van der Waals surface area contributed by atoms with Crippen LogP contribution in [0.15, 0.2) is 54.7 Å². The molecule has 4 heteroatoms. The molecule has 0 aliphatic rings. The largest absolute Gasteiger partial charge is 0.347 e. The smallest absolute Gasteiger partial charge is 0.237 e. The molecular formula is C16H19N3O. The second kappa shape index (κ2) is 6.82. The minimum Gasteiger partial charge on any atom is -0.347 e. The summed E-state index contributed by atoms with van der Waals surface area (Å²) in [5, 5.41) is 2.89.